The van der Waals surface area contributed by atoms with Crippen LogP contribution in [0, 0.1) is 17.3 Å². The molecule has 274 valence electrons. The molecule has 0 aromatic heterocycles. The molecule has 8 N–H and O–H groups in total. The van der Waals surface area contributed by atoms with Crippen molar-refractivity contribution in [3.8, 4) is 11.5 Å². The Morgan fingerprint density at radius 2 is 1.84 bits per heavy atom. The lowest BCUT2D eigenvalue weighted by Gasteiger charge is -2.49. The number of aromatic hydroxyl groups is 1. The summed E-state index contributed by atoms with van der Waals surface area (Å²) < 4.78 is 28.9. The second kappa shape index (κ2) is 15.5. The van der Waals surface area contributed by atoms with Gasteiger partial charge in [0.25, 0.3) is 5.08 Å². The highest BCUT2D eigenvalue weighted by Gasteiger charge is 2.59. The van der Waals surface area contributed by atoms with Crippen molar-refractivity contribution >= 4 is 44.4 Å². The van der Waals surface area contributed by atoms with Gasteiger partial charge in [0.05, 0.1) is 12.8 Å². The number of rotatable bonds is 13. The molecule has 0 aliphatic heterocycles. The van der Waals surface area contributed by atoms with Gasteiger partial charge in [-0.1, -0.05) is 25.1 Å². The molecule has 0 bridgehead atoms. The van der Waals surface area contributed by atoms with Gasteiger partial charge in [-0.25, -0.2) is 0 Å². The van der Waals surface area contributed by atoms with Crippen molar-refractivity contribution in [2.45, 2.75) is 69.3 Å². The molecule has 14 nitrogen and oxygen atoms in total. The first-order valence-corrected chi connectivity index (χ1v) is 20.4. The summed E-state index contributed by atoms with van der Waals surface area (Å²) in [6, 6.07) is 13.1. The average Bonchev–Trinajstić information content (AvgIpc) is 3.39. The highest BCUT2D eigenvalue weighted by molar-refractivity contribution is 7.80. The molecule has 50 heavy (non-hydrogen) atoms. The molecule has 0 heterocycles. The van der Waals surface area contributed by atoms with Crippen LogP contribution in [-0.2, 0) is 15.6 Å². The lowest BCUT2D eigenvalue weighted by molar-refractivity contribution is 0.0954. The Hall–Kier alpha value is -2.71. The van der Waals surface area contributed by atoms with E-state index in [2.05, 4.69) is 28.9 Å². The van der Waals surface area contributed by atoms with Gasteiger partial charge in [-0.2, -0.15) is 10.2 Å². The summed E-state index contributed by atoms with van der Waals surface area (Å²) >= 11 is 5.44. The van der Waals surface area contributed by atoms with Crippen LogP contribution in [0.25, 0.3) is 0 Å². The van der Waals surface area contributed by atoms with Crippen molar-refractivity contribution < 1.29 is 43.7 Å². The number of benzene rings is 2. The predicted octanol–water partition coefficient (Wildman–Crippen LogP) is 4.19. The molecule has 5 rings (SSSR count). The lowest BCUT2D eigenvalue weighted by atomic mass is 9.55. The largest absolute Gasteiger partial charge is 0.508 e. The quantitative estimate of drug-likeness (QED) is 0.0474. The summed E-state index contributed by atoms with van der Waals surface area (Å²) in [6.07, 6.45) is 7.68. The van der Waals surface area contributed by atoms with Gasteiger partial charge in [0, 0.05) is 30.6 Å². The average molecular weight is 752 g/mol. The van der Waals surface area contributed by atoms with Gasteiger partial charge in [-0.3, -0.25) is 20.0 Å². The Morgan fingerprint density at radius 1 is 1.08 bits per heavy atom. The maximum atomic E-state index is 11.5. The van der Waals surface area contributed by atoms with Gasteiger partial charge in [-0.05, 0) is 123 Å². The number of ether oxygens (including phenoxy) is 1. The molecule has 3 unspecified atom stereocenters. The van der Waals surface area contributed by atoms with E-state index < -0.39 is 26.7 Å². The minimum atomic E-state index is -5.48. The number of phenols is 1. The molecule has 2 aromatic carbocycles. The molecular formula is C33H47N5O9P2S. The van der Waals surface area contributed by atoms with Crippen molar-refractivity contribution in [2.24, 2.45) is 27.5 Å². The third kappa shape index (κ3) is 8.49. The van der Waals surface area contributed by atoms with E-state index in [1.54, 1.807) is 30.3 Å². The standard InChI is InChI=1S/C33H47N5O9P2S/c1-32-14-13-27-26-10-8-24(39)20-23(26)7-9-28(27)29(32)11-12-30(32)35-37-31(50)36-34-21-22-5-3-6-25(19-22)47-18-4-16-38(2)17-15-33(40,48(41,42)43)49(44,45)46/h3,5-6,8,10,19-21,27-29,39-40H,4,7,9,11-18H2,1-2H3,(H2,36,37,50)(H2,41,42,43)(H2,44,45,46)/b34-21+,35-30+/t27?,28?,29?,32-/m0/s1. The van der Waals surface area contributed by atoms with Gasteiger partial charge < -0.3 is 39.4 Å². The smallest absolute Gasteiger partial charge is 0.369 e. The van der Waals surface area contributed by atoms with E-state index in [4.69, 9.17) is 22.1 Å². The summed E-state index contributed by atoms with van der Waals surface area (Å²) in [4.78, 5) is 38.8. The first-order chi connectivity index (χ1) is 23.5. The van der Waals surface area contributed by atoms with Crippen LogP contribution in [0.5, 0.6) is 11.5 Å². The fourth-order valence-corrected chi connectivity index (χ4v) is 10.2. The Bertz CT molecular complexity index is 1690. The van der Waals surface area contributed by atoms with Crippen LogP contribution >= 0.6 is 27.4 Å². The second-order valence-corrected chi connectivity index (χ2v) is 18.3. The van der Waals surface area contributed by atoms with Crippen LogP contribution in [0.1, 0.15) is 74.5 Å². The number of aryl methyl sites for hydroxylation is 1. The minimum absolute atomic E-state index is 0.0278. The summed E-state index contributed by atoms with van der Waals surface area (Å²) in [5, 5.41) is 25.9. The van der Waals surface area contributed by atoms with E-state index in [1.165, 1.54) is 11.1 Å². The SMILES string of the molecule is CN(CCCOc1cccc(/C=N/NC(=S)N/N=C2\CCC3C4CCc5cc(O)ccc5C4CC[C@]23C)c1)CCC(O)(P(=O)(O)O)P(=O)(O)O. The van der Waals surface area contributed by atoms with E-state index in [0.717, 1.165) is 49.8 Å². The Balaban J connectivity index is 1.05. The van der Waals surface area contributed by atoms with Crippen LogP contribution < -0.4 is 15.6 Å². The molecule has 0 amide bonds. The van der Waals surface area contributed by atoms with Crippen LogP contribution in [0.15, 0.2) is 52.7 Å². The molecule has 3 aliphatic rings. The van der Waals surface area contributed by atoms with Crippen molar-refractivity contribution in [3.63, 3.8) is 0 Å². The first-order valence-electron chi connectivity index (χ1n) is 16.7. The fraction of sp³-hybridized carbons (Fsp3) is 0.545. The number of phenolic OH excluding ortho intramolecular Hbond substituents is 1. The second-order valence-electron chi connectivity index (χ2n) is 13.9. The summed E-state index contributed by atoms with van der Waals surface area (Å²) in [7, 11) is -9.35. The normalized spacial score (nSPS) is 24.6. The van der Waals surface area contributed by atoms with Crippen molar-refractivity contribution in [1.82, 2.24) is 15.8 Å². The molecule has 0 radical (unpaired) electrons. The van der Waals surface area contributed by atoms with Gasteiger partial charge in [0.1, 0.15) is 11.5 Å². The highest BCUT2D eigenvalue weighted by atomic mass is 32.1. The van der Waals surface area contributed by atoms with E-state index >= 15 is 0 Å². The van der Waals surface area contributed by atoms with E-state index in [9.17, 15) is 38.9 Å². The van der Waals surface area contributed by atoms with Gasteiger partial charge in [0.2, 0.25) is 5.11 Å². The third-order valence-electron chi connectivity index (χ3n) is 10.7. The highest BCUT2D eigenvalue weighted by Crippen LogP contribution is 2.69. The number of hydrogen-bond donors (Lipinski definition) is 8. The topological polar surface area (TPSA) is 217 Å². The van der Waals surface area contributed by atoms with E-state index in [-0.39, 0.29) is 17.1 Å². The van der Waals surface area contributed by atoms with Crippen molar-refractivity contribution in [1.29, 1.82) is 0 Å². The molecule has 17 heteroatoms. The maximum absolute atomic E-state index is 11.5. The zero-order chi connectivity index (χ0) is 36.3. The molecule has 2 saturated carbocycles. The third-order valence-corrected chi connectivity index (χ3v) is 14.8. The van der Waals surface area contributed by atoms with Crippen LogP contribution in [0.2, 0.25) is 0 Å². The first kappa shape index (κ1) is 38.5. The predicted molar refractivity (Wildman–Crippen MR) is 194 cm³/mol. The number of hydrazone groups is 2. The summed E-state index contributed by atoms with van der Waals surface area (Å²) in [6.45, 7) is 2.89. The molecule has 0 saturated heterocycles. The van der Waals surface area contributed by atoms with E-state index in [0.29, 0.717) is 48.8 Å². The van der Waals surface area contributed by atoms with E-state index in [1.807, 2.05) is 24.3 Å². The molecule has 3 aliphatic carbocycles. The monoisotopic (exact) mass is 751 g/mol. The van der Waals surface area contributed by atoms with Crippen LogP contribution in [0.3, 0.4) is 0 Å². The van der Waals surface area contributed by atoms with Crippen molar-refractivity contribution in [2.75, 3.05) is 26.7 Å². The maximum Gasteiger partial charge on any atom is 0.369 e. The van der Waals surface area contributed by atoms with Crippen molar-refractivity contribution in [3.05, 3.63) is 59.2 Å². The van der Waals surface area contributed by atoms with Gasteiger partial charge in [0.15, 0.2) is 0 Å². The minimum Gasteiger partial charge on any atom is -0.508 e. The number of nitrogens with one attached hydrogen (secondary N) is 2. The Labute approximate surface area is 297 Å². The zero-order valence-corrected chi connectivity index (χ0v) is 30.8. The molecule has 0 spiro atoms. The fourth-order valence-electron chi connectivity index (χ4n) is 7.97. The molecule has 4 atom stereocenters. The van der Waals surface area contributed by atoms with Crippen LogP contribution in [-0.4, -0.2) is 83.6 Å². The van der Waals surface area contributed by atoms with Gasteiger partial charge >= 0.3 is 15.2 Å². The number of thiocarbonyl (C=S) groups is 1. The molecule has 2 fully saturated rings. The Kier molecular flexibility index (Phi) is 11.9. The number of hydrogen-bond acceptors (Lipinski definition) is 9. The number of nitrogens with zero attached hydrogens (tertiary/aromatic N) is 3. The Morgan fingerprint density at radius 3 is 2.58 bits per heavy atom. The van der Waals surface area contributed by atoms with Gasteiger partial charge in [-0.15, -0.1) is 0 Å². The molecular weight excluding hydrogens is 704 g/mol. The summed E-state index contributed by atoms with van der Waals surface area (Å²) in [5.41, 5.74) is 10.5. The van der Waals surface area contributed by atoms with Crippen LogP contribution in [0.4, 0.5) is 0 Å². The molecule has 2 aromatic rings. The number of fused-ring (bicyclic) bond motifs is 5. The lowest BCUT2D eigenvalue weighted by Crippen LogP contribution is -2.43. The zero-order valence-electron chi connectivity index (χ0n) is 28.2. The summed E-state index contributed by atoms with van der Waals surface area (Å²) in [5.74, 6) is 2.66. The number of aliphatic hydroxyl groups is 1.